The SMILES string of the molecule is CCC(C)Nc1ccc(C(=O)O)cc1N. The van der Waals surface area contributed by atoms with E-state index in [1.807, 2.05) is 6.92 Å². The summed E-state index contributed by atoms with van der Waals surface area (Å²) in [7, 11) is 0. The molecule has 0 aliphatic carbocycles. The first-order chi connectivity index (χ1) is 7.04. The highest BCUT2D eigenvalue weighted by Gasteiger charge is 2.07. The molecule has 0 aliphatic heterocycles. The minimum absolute atomic E-state index is 0.210. The maximum atomic E-state index is 10.7. The summed E-state index contributed by atoms with van der Waals surface area (Å²) in [6.07, 6.45) is 0.986. The molecule has 0 saturated heterocycles. The van der Waals surface area contributed by atoms with Crippen LogP contribution in [0.3, 0.4) is 0 Å². The molecule has 0 heterocycles. The van der Waals surface area contributed by atoms with E-state index in [0.717, 1.165) is 12.1 Å². The lowest BCUT2D eigenvalue weighted by atomic mass is 10.1. The maximum absolute atomic E-state index is 10.7. The minimum atomic E-state index is -0.961. The maximum Gasteiger partial charge on any atom is 0.335 e. The first-order valence-corrected chi connectivity index (χ1v) is 4.94. The quantitative estimate of drug-likeness (QED) is 0.663. The number of anilines is 2. The second-order valence-corrected chi connectivity index (χ2v) is 3.56. The molecule has 0 fully saturated rings. The smallest absolute Gasteiger partial charge is 0.335 e. The third kappa shape index (κ3) is 2.87. The van der Waals surface area contributed by atoms with E-state index in [9.17, 15) is 4.79 Å². The van der Waals surface area contributed by atoms with E-state index in [2.05, 4.69) is 12.2 Å². The van der Waals surface area contributed by atoms with Crippen LogP contribution in [0.1, 0.15) is 30.6 Å². The lowest BCUT2D eigenvalue weighted by Crippen LogP contribution is -2.14. The summed E-state index contributed by atoms with van der Waals surface area (Å²) in [6.45, 7) is 4.12. The molecule has 1 aromatic carbocycles. The summed E-state index contributed by atoms with van der Waals surface area (Å²) >= 11 is 0. The highest BCUT2D eigenvalue weighted by atomic mass is 16.4. The fourth-order valence-electron chi connectivity index (χ4n) is 1.19. The molecule has 1 unspecified atom stereocenters. The number of hydrogen-bond donors (Lipinski definition) is 3. The zero-order valence-electron chi connectivity index (χ0n) is 8.95. The summed E-state index contributed by atoms with van der Waals surface area (Å²) < 4.78 is 0. The van der Waals surface area contributed by atoms with Crippen LogP contribution in [0.4, 0.5) is 11.4 Å². The molecule has 1 rings (SSSR count). The van der Waals surface area contributed by atoms with Gasteiger partial charge in [-0.25, -0.2) is 4.79 Å². The van der Waals surface area contributed by atoms with Gasteiger partial charge < -0.3 is 16.2 Å². The predicted octanol–water partition coefficient (Wildman–Crippen LogP) is 2.18. The molecule has 0 spiro atoms. The average molecular weight is 208 g/mol. The number of rotatable bonds is 4. The Morgan fingerprint density at radius 1 is 1.60 bits per heavy atom. The van der Waals surface area contributed by atoms with E-state index in [1.165, 1.54) is 6.07 Å². The van der Waals surface area contributed by atoms with Gasteiger partial charge in [0.1, 0.15) is 0 Å². The van der Waals surface area contributed by atoms with Crippen LogP contribution < -0.4 is 11.1 Å². The highest BCUT2D eigenvalue weighted by Crippen LogP contribution is 2.21. The Kier molecular flexibility index (Phi) is 3.55. The van der Waals surface area contributed by atoms with E-state index >= 15 is 0 Å². The van der Waals surface area contributed by atoms with Crippen molar-refractivity contribution in [3.8, 4) is 0 Å². The van der Waals surface area contributed by atoms with Crippen molar-refractivity contribution in [3.05, 3.63) is 23.8 Å². The molecule has 82 valence electrons. The zero-order valence-corrected chi connectivity index (χ0v) is 8.95. The van der Waals surface area contributed by atoms with Gasteiger partial charge in [0, 0.05) is 6.04 Å². The van der Waals surface area contributed by atoms with Gasteiger partial charge in [-0.1, -0.05) is 6.92 Å². The van der Waals surface area contributed by atoms with Gasteiger partial charge in [0.2, 0.25) is 0 Å². The van der Waals surface area contributed by atoms with Crippen molar-refractivity contribution in [2.45, 2.75) is 26.3 Å². The van der Waals surface area contributed by atoms with Crippen LogP contribution in [-0.2, 0) is 0 Å². The van der Waals surface area contributed by atoms with Crippen molar-refractivity contribution in [3.63, 3.8) is 0 Å². The Morgan fingerprint density at radius 2 is 2.27 bits per heavy atom. The summed E-state index contributed by atoms with van der Waals surface area (Å²) in [5, 5.41) is 12.0. The Bertz CT molecular complexity index is 364. The molecule has 0 saturated carbocycles. The number of carboxylic acids is 1. The molecular formula is C11H16N2O2. The molecule has 15 heavy (non-hydrogen) atoms. The zero-order chi connectivity index (χ0) is 11.4. The fourth-order valence-corrected chi connectivity index (χ4v) is 1.19. The van der Waals surface area contributed by atoms with Crippen molar-refractivity contribution >= 4 is 17.3 Å². The highest BCUT2D eigenvalue weighted by molar-refractivity contribution is 5.90. The Hall–Kier alpha value is -1.71. The fraction of sp³-hybridized carbons (Fsp3) is 0.364. The molecule has 1 aromatic rings. The lowest BCUT2D eigenvalue weighted by Gasteiger charge is -2.15. The largest absolute Gasteiger partial charge is 0.478 e. The standard InChI is InChI=1S/C11H16N2O2/c1-3-7(2)13-10-5-4-8(11(14)15)6-9(10)12/h4-7,13H,3,12H2,1-2H3,(H,14,15). The molecule has 0 aliphatic rings. The summed E-state index contributed by atoms with van der Waals surface area (Å²) in [5.41, 5.74) is 7.20. The first-order valence-electron chi connectivity index (χ1n) is 4.94. The van der Waals surface area contributed by atoms with Crippen LogP contribution >= 0.6 is 0 Å². The van der Waals surface area contributed by atoms with Crippen LogP contribution in [0.2, 0.25) is 0 Å². The molecule has 4 N–H and O–H groups in total. The van der Waals surface area contributed by atoms with Crippen molar-refractivity contribution in [2.24, 2.45) is 0 Å². The van der Waals surface area contributed by atoms with Crippen LogP contribution in [0.15, 0.2) is 18.2 Å². The number of benzene rings is 1. The second-order valence-electron chi connectivity index (χ2n) is 3.56. The second kappa shape index (κ2) is 4.68. The number of nitrogens with one attached hydrogen (secondary N) is 1. The Balaban J connectivity index is 2.88. The van der Waals surface area contributed by atoms with Crippen molar-refractivity contribution in [1.82, 2.24) is 0 Å². The summed E-state index contributed by atoms with van der Waals surface area (Å²) in [6, 6.07) is 5.03. The first kappa shape index (κ1) is 11.4. The van der Waals surface area contributed by atoms with Gasteiger partial charge >= 0.3 is 5.97 Å². The molecule has 0 amide bonds. The molecule has 0 radical (unpaired) electrons. The topological polar surface area (TPSA) is 75.3 Å². The van der Waals surface area contributed by atoms with Crippen molar-refractivity contribution < 1.29 is 9.90 Å². The number of nitrogen functional groups attached to an aromatic ring is 1. The van der Waals surface area contributed by atoms with Crippen LogP contribution in [0.5, 0.6) is 0 Å². The van der Waals surface area contributed by atoms with Crippen molar-refractivity contribution in [1.29, 1.82) is 0 Å². The number of carbonyl (C=O) groups is 1. The van der Waals surface area contributed by atoms with Gasteiger partial charge in [0.15, 0.2) is 0 Å². The number of nitrogens with two attached hydrogens (primary N) is 1. The monoisotopic (exact) mass is 208 g/mol. The third-order valence-electron chi connectivity index (χ3n) is 2.31. The Labute approximate surface area is 89.1 Å². The molecule has 1 atom stereocenters. The van der Waals surface area contributed by atoms with Gasteiger partial charge in [0.25, 0.3) is 0 Å². The molecule has 4 heteroatoms. The Morgan fingerprint density at radius 3 is 2.73 bits per heavy atom. The van der Waals surface area contributed by atoms with Gasteiger partial charge in [-0.15, -0.1) is 0 Å². The molecular weight excluding hydrogens is 192 g/mol. The van der Waals surface area contributed by atoms with Crippen molar-refractivity contribution in [2.75, 3.05) is 11.1 Å². The van der Waals surface area contributed by atoms with Gasteiger partial charge in [-0.2, -0.15) is 0 Å². The van der Waals surface area contributed by atoms with Crippen LogP contribution in [0.25, 0.3) is 0 Å². The summed E-state index contributed by atoms with van der Waals surface area (Å²) in [5.74, 6) is -0.961. The minimum Gasteiger partial charge on any atom is -0.478 e. The normalized spacial score (nSPS) is 12.1. The molecule has 0 aromatic heterocycles. The summed E-state index contributed by atoms with van der Waals surface area (Å²) in [4.78, 5) is 10.7. The number of carboxylic acid groups (broad SMARTS) is 1. The lowest BCUT2D eigenvalue weighted by molar-refractivity contribution is 0.0697. The van der Waals surface area contributed by atoms with E-state index in [-0.39, 0.29) is 5.56 Å². The molecule has 0 bridgehead atoms. The predicted molar refractivity (Wildman–Crippen MR) is 61.2 cm³/mol. The number of hydrogen-bond acceptors (Lipinski definition) is 3. The van der Waals surface area contributed by atoms with Crippen LogP contribution in [0, 0.1) is 0 Å². The van der Waals surface area contributed by atoms with E-state index in [1.54, 1.807) is 12.1 Å². The van der Waals surface area contributed by atoms with Gasteiger partial charge in [-0.3, -0.25) is 0 Å². The van der Waals surface area contributed by atoms with E-state index in [4.69, 9.17) is 10.8 Å². The third-order valence-corrected chi connectivity index (χ3v) is 2.31. The number of aromatic carboxylic acids is 1. The van der Waals surface area contributed by atoms with Crippen LogP contribution in [-0.4, -0.2) is 17.1 Å². The van der Waals surface area contributed by atoms with E-state index < -0.39 is 5.97 Å². The van der Waals surface area contributed by atoms with E-state index in [0.29, 0.717) is 11.7 Å². The van der Waals surface area contributed by atoms with Gasteiger partial charge in [-0.05, 0) is 31.5 Å². The van der Waals surface area contributed by atoms with Gasteiger partial charge in [0.05, 0.1) is 16.9 Å². The average Bonchev–Trinajstić information content (AvgIpc) is 2.20. The molecule has 4 nitrogen and oxygen atoms in total.